The molecule has 0 aliphatic rings. The first-order valence-electron chi connectivity index (χ1n) is 10.4. The predicted octanol–water partition coefficient (Wildman–Crippen LogP) is 3.60. The number of aromatic nitrogens is 3. The van der Waals surface area contributed by atoms with Crippen LogP contribution in [0.5, 0.6) is 5.88 Å². The van der Waals surface area contributed by atoms with Gasteiger partial charge in [-0.25, -0.2) is 15.0 Å². The Morgan fingerprint density at radius 3 is 2.60 bits per heavy atom. The minimum absolute atomic E-state index is 0.464. The lowest BCUT2D eigenvalue weighted by Crippen LogP contribution is -2.25. The topological polar surface area (TPSA) is 54.4 Å². The second-order valence-corrected chi connectivity index (χ2v) is 7.15. The van der Waals surface area contributed by atoms with Crippen molar-refractivity contribution < 1.29 is 4.74 Å². The standard InChI is InChI=1S/C24H29N5O/c1-5-29(6-2)16-9-17-30-24-22(26-23-21(27-24)12-8-15-25-23)14-13-19-10-7-11-20(18-19)28(3)4/h7-8,10-12,15,18H,5-6,9,16-17H2,1-4H3. The number of benzene rings is 1. The molecule has 0 saturated carbocycles. The molecule has 3 rings (SSSR count). The van der Waals surface area contributed by atoms with Crippen LogP contribution in [0.25, 0.3) is 11.2 Å². The van der Waals surface area contributed by atoms with Gasteiger partial charge in [-0.1, -0.05) is 25.8 Å². The van der Waals surface area contributed by atoms with Gasteiger partial charge in [0.2, 0.25) is 5.88 Å². The minimum Gasteiger partial charge on any atom is -0.476 e. The van der Waals surface area contributed by atoms with Crippen molar-refractivity contribution >= 4 is 16.9 Å². The van der Waals surface area contributed by atoms with Crippen molar-refractivity contribution in [3.63, 3.8) is 0 Å². The summed E-state index contributed by atoms with van der Waals surface area (Å²) in [5.41, 5.74) is 3.80. The average Bonchev–Trinajstić information content (AvgIpc) is 2.77. The van der Waals surface area contributed by atoms with Crippen molar-refractivity contribution in [1.29, 1.82) is 0 Å². The van der Waals surface area contributed by atoms with Crippen LogP contribution in [0.1, 0.15) is 31.5 Å². The monoisotopic (exact) mass is 403 g/mol. The Kier molecular flexibility index (Phi) is 7.58. The molecule has 0 atom stereocenters. The van der Waals surface area contributed by atoms with Crippen LogP contribution in [0.3, 0.4) is 0 Å². The molecule has 0 radical (unpaired) electrons. The first-order valence-corrected chi connectivity index (χ1v) is 10.4. The highest BCUT2D eigenvalue weighted by atomic mass is 16.5. The van der Waals surface area contributed by atoms with Crippen molar-refractivity contribution in [3.05, 3.63) is 53.9 Å². The van der Waals surface area contributed by atoms with E-state index in [0.717, 1.165) is 37.3 Å². The zero-order valence-electron chi connectivity index (χ0n) is 18.2. The summed E-state index contributed by atoms with van der Waals surface area (Å²) in [4.78, 5) is 18.0. The average molecular weight is 404 g/mol. The summed E-state index contributed by atoms with van der Waals surface area (Å²) in [7, 11) is 4.02. The summed E-state index contributed by atoms with van der Waals surface area (Å²) < 4.78 is 6.00. The van der Waals surface area contributed by atoms with Gasteiger partial charge in [0.05, 0.1) is 6.61 Å². The van der Waals surface area contributed by atoms with Gasteiger partial charge in [0.15, 0.2) is 11.3 Å². The first kappa shape index (κ1) is 21.5. The Morgan fingerprint density at radius 1 is 1.00 bits per heavy atom. The second-order valence-electron chi connectivity index (χ2n) is 7.15. The smallest absolute Gasteiger partial charge is 0.249 e. The maximum Gasteiger partial charge on any atom is 0.249 e. The highest BCUT2D eigenvalue weighted by molar-refractivity contribution is 5.71. The maximum absolute atomic E-state index is 6.00. The van der Waals surface area contributed by atoms with Crippen LogP contribution < -0.4 is 9.64 Å². The lowest BCUT2D eigenvalue weighted by atomic mass is 10.2. The van der Waals surface area contributed by atoms with Crippen LogP contribution >= 0.6 is 0 Å². The molecule has 0 aliphatic heterocycles. The molecule has 2 aromatic heterocycles. The van der Waals surface area contributed by atoms with E-state index in [9.17, 15) is 0 Å². The molecule has 0 N–H and O–H groups in total. The fourth-order valence-electron chi connectivity index (χ4n) is 3.05. The largest absolute Gasteiger partial charge is 0.476 e. The molecule has 0 fully saturated rings. The van der Waals surface area contributed by atoms with Crippen molar-refractivity contribution in [2.24, 2.45) is 0 Å². The van der Waals surface area contributed by atoms with Crippen molar-refractivity contribution in [1.82, 2.24) is 19.9 Å². The van der Waals surface area contributed by atoms with Crippen LogP contribution in [-0.2, 0) is 0 Å². The third-order valence-electron chi connectivity index (χ3n) is 4.85. The van der Waals surface area contributed by atoms with Gasteiger partial charge < -0.3 is 14.5 Å². The zero-order valence-corrected chi connectivity index (χ0v) is 18.2. The molecule has 3 aromatic rings. The molecule has 6 heteroatoms. The summed E-state index contributed by atoms with van der Waals surface area (Å²) in [6.45, 7) is 7.99. The van der Waals surface area contributed by atoms with E-state index < -0.39 is 0 Å². The highest BCUT2D eigenvalue weighted by Crippen LogP contribution is 2.18. The molecule has 0 bridgehead atoms. The number of rotatable bonds is 8. The second kappa shape index (κ2) is 10.6. The molecule has 156 valence electrons. The van der Waals surface area contributed by atoms with Gasteiger partial charge in [0.1, 0.15) is 5.52 Å². The normalized spacial score (nSPS) is 10.7. The Bertz CT molecular complexity index is 1030. The van der Waals surface area contributed by atoms with E-state index in [1.807, 2.05) is 44.4 Å². The Labute approximate surface area is 178 Å². The molecular weight excluding hydrogens is 374 g/mol. The van der Waals surface area contributed by atoms with Gasteiger partial charge in [0, 0.05) is 38.1 Å². The third kappa shape index (κ3) is 5.68. The van der Waals surface area contributed by atoms with Gasteiger partial charge >= 0.3 is 0 Å². The fourth-order valence-corrected chi connectivity index (χ4v) is 3.05. The summed E-state index contributed by atoms with van der Waals surface area (Å²) in [6.07, 6.45) is 2.63. The molecule has 0 spiro atoms. The Balaban J connectivity index is 1.84. The molecule has 0 unspecified atom stereocenters. The van der Waals surface area contributed by atoms with Crippen LogP contribution in [-0.4, -0.2) is 60.2 Å². The summed E-state index contributed by atoms with van der Waals surface area (Å²) in [5.74, 6) is 6.80. The van der Waals surface area contributed by atoms with Gasteiger partial charge in [-0.3, -0.25) is 0 Å². The zero-order chi connectivity index (χ0) is 21.3. The first-order chi connectivity index (χ1) is 14.6. The van der Waals surface area contributed by atoms with E-state index in [-0.39, 0.29) is 0 Å². The predicted molar refractivity (Wildman–Crippen MR) is 122 cm³/mol. The van der Waals surface area contributed by atoms with E-state index in [0.29, 0.717) is 29.3 Å². The van der Waals surface area contributed by atoms with Crippen LogP contribution in [0.2, 0.25) is 0 Å². The van der Waals surface area contributed by atoms with Gasteiger partial charge in [-0.2, -0.15) is 0 Å². The quantitative estimate of drug-likeness (QED) is 0.423. The van der Waals surface area contributed by atoms with Crippen LogP contribution in [0.4, 0.5) is 5.69 Å². The minimum atomic E-state index is 0.464. The Hall–Kier alpha value is -3.17. The number of nitrogens with zero attached hydrogens (tertiary/aromatic N) is 5. The molecule has 0 saturated heterocycles. The molecule has 6 nitrogen and oxygen atoms in total. The molecule has 30 heavy (non-hydrogen) atoms. The van der Waals surface area contributed by atoms with E-state index >= 15 is 0 Å². The van der Waals surface area contributed by atoms with Crippen molar-refractivity contribution in [2.75, 3.05) is 45.2 Å². The number of fused-ring (bicyclic) bond motifs is 1. The van der Waals surface area contributed by atoms with Gasteiger partial charge in [-0.05, 0) is 55.8 Å². The molecule has 0 aliphatic carbocycles. The molecule has 1 aromatic carbocycles. The number of hydrogen-bond donors (Lipinski definition) is 0. The third-order valence-corrected chi connectivity index (χ3v) is 4.85. The van der Waals surface area contributed by atoms with Crippen LogP contribution in [0, 0.1) is 11.8 Å². The van der Waals surface area contributed by atoms with Crippen LogP contribution in [0.15, 0.2) is 42.6 Å². The molecule has 2 heterocycles. The molecular formula is C24H29N5O. The van der Waals surface area contributed by atoms with Crippen molar-refractivity contribution in [2.45, 2.75) is 20.3 Å². The van der Waals surface area contributed by atoms with E-state index in [2.05, 4.69) is 56.5 Å². The number of hydrogen-bond acceptors (Lipinski definition) is 6. The van der Waals surface area contributed by atoms with Crippen molar-refractivity contribution in [3.8, 4) is 17.7 Å². The fraction of sp³-hybridized carbons (Fsp3) is 0.375. The number of ether oxygens (including phenoxy) is 1. The van der Waals surface area contributed by atoms with Gasteiger partial charge in [-0.15, -0.1) is 0 Å². The van der Waals surface area contributed by atoms with Gasteiger partial charge in [0.25, 0.3) is 0 Å². The highest BCUT2D eigenvalue weighted by Gasteiger charge is 2.10. The summed E-state index contributed by atoms with van der Waals surface area (Å²) in [6, 6.07) is 11.8. The summed E-state index contributed by atoms with van der Waals surface area (Å²) in [5, 5.41) is 0. The number of anilines is 1. The maximum atomic E-state index is 6.00. The lowest BCUT2D eigenvalue weighted by molar-refractivity contribution is 0.244. The lowest BCUT2D eigenvalue weighted by Gasteiger charge is -2.17. The van der Waals surface area contributed by atoms with E-state index in [1.54, 1.807) is 6.20 Å². The molecule has 0 amide bonds. The van der Waals surface area contributed by atoms with E-state index in [1.165, 1.54) is 0 Å². The SMILES string of the molecule is CCN(CC)CCCOc1nc2cccnc2nc1C#Cc1cccc(N(C)C)c1. The summed E-state index contributed by atoms with van der Waals surface area (Å²) >= 11 is 0. The number of pyridine rings is 1. The van der Waals surface area contributed by atoms with E-state index in [4.69, 9.17) is 4.74 Å². The Morgan fingerprint density at radius 2 is 1.83 bits per heavy atom.